The maximum Gasteiger partial charge on any atom is 0.0297 e. The number of benzene rings is 1. The maximum absolute atomic E-state index is 3.97. The van der Waals surface area contributed by atoms with Gasteiger partial charge in [0.2, 0.25) is 0 Å². The lowest BCUT2D eigenvalue weighted by Crippen LogP contribution is -2.45. The van der Waals surface area contributed by atoms with Crippen LogP contribution in [0.25, 0.3) is 0 Å². The second kappa shape index (κ2) is 6.91. The van der Waals surface area contributed by atoms with Crippen molar-refractivity contribution >= 4 is 0 Å². The van der Waals surface area contributed by atoms with Gasteiger partial charge in [-0.05, 0) is 31.7 Å². The van der Waals surface area contributed by atoms with Crippen LogP contribution in [0.3, 0.4) is 0 Å². The van der Waals surface area contributed by atoms with E-state index in [1.807, 2.05) is 0 Å². The third-order valence-corrected chi connectivity index (χ3v) is 4.42. The molecule has 1 nitrogen and oxygen atoms in total. The Morgan fingerprint density at radius 1 is 1.16 bits per heavy atom. The van der Waals surface area contributed by atoms with Gasteiger partial charge in [-0.2, -0.15) is 0 Å². The molecule has 0 aliphatic heterocycles. The molecule has 1 fully saturated rings. The van der Waals surface area contributed by atoms with E-state index in [0.717, 1.165) is 6.42 Å². The molecular formula is C18H27N. The normalized spacial score (nSPS) is 20.5. The standard InChI is InChI=1S/C18H27N/c1-3-13-18(14-9-4-5-10-15-18)19-16(2)17-11-7-6-8-12-17/h3,6-8,11-12,16,19H,1,4-5,9-10,13-15H2,2H3. The minimum atomic E-state index is 0.271. The molecule has 0 aromatic heterocycles. The van der Waals surface area contributed by atoms with Crippen molar-refractivity contribution in [3.8, 4) is 0 Å². The van der Waals surface area contributed by atoms with Crippen LogP contribution < -0.4 is 5.32 Å². The van der Waals surface area contributed by atoms with E-state index < -0.39 is 0 Å². The lowest BCUT2D eigenvalue weighted by Gasteiger charge is -2.36. The first-order valence-corrected chi connectivity index (χ1v) is 7.69. The zero-order chi connectivity index (χ0) is 13.6. The molecule has 1 aromatic carbocycles. The Labute approximate surface area is 118 Å². The summed E-state index contributed by atoms with van der Waals surface area (Å²) in [7, 11) is 0. The highest BCUT2D eigenvalue weighted by atomic mass is 15.0. The summed E-state index contributed by atoms with van der Waals surface area (Å²) in [5, 5.41) is 3.92. The third kappa shape index (κ3) is 3.94. The van der Waals surface area contributed by atoms with Crippen LogP contribution in [0.2, 0.25) is 0 Å². The van der Waals surface area contributed by atoms with Gasteiger partial charge in [0.15, 0.2) is 0 Å². The molecule has 0 radical (unpaired) electrons. The minimum Gasteiger partial charge on any atom is -0.304 e. The van der Waals surface area contributed by atoms with Crippen molar-refractivity contribution < 1.29 is 0 Å². The quantitative estimate of drug-likeness (QED) is 0.578. The molecule has 0 saturated heterocycles. The number of nitrogens with one attached hydrogen (secondary N) is 1. The van der Waals surface area contributed by atoms with Gasteiger partial charge in [-0.25, -0.2) is 0 Å². The van der Waals surface area contributed by atoms with E-state index in [0.29, 0.717) is 6.04 Å². The average molecular weight is 257 g/mol. The van der Waals surface area contributed by atoms with Gasteiger partial charge in [-0.3, -0.25) is 0 Å². The van der Waals surface area contributed by atoms with Crippen LogP contribution in [-0.2, 0) is 0 Å². The molecule has 19 heavy (non-hydrogen) atoms. The molecule has 1 N–H and O–H groups in total. The van der Waals surface area contributed by atoms with Crippen molar-refractivity contribution in [2.24, 2.45) is 0 Å². The summed E-state index contributed by atoms with van der Waals surface area (Å²) >= 11 is 0. The van der Waals surface area contributed by atoms with Gasteiger partial charge < -0.3 is 5.32 Å². The number of rotatable bonds is 5. The molecule has 1 aliphatic carbocycles. The summed E-state index contributed by atoms with van der Waals surface area (Å²) in [5.41, 5.74) is 1.66. The first kappa shape index (κ1) is 14.3. The van der Waals surface area contributed by atoms with E-state index >= 15 is 0 Å². The maximum atomic E-state index is 3.97. The molecule has 1 heteroatoms. The zero-order valence-corrected chi connectivity index (χ0v) is 12.2. The predicted molar refractivity (Wildman–Crippen MR) is 83.2 cm³/mol. The van der Waals surface area contributed by atoms with E-state index in [-0.39, 0.29) is 5.54 Å². The molecule has 0 bridgehead atoms. The Bertz CT molecular complexity index is 374. The van der Waals surface area contributed by atoms with Crippen LogP contribution >= 0.6 is 0 Å². The van der Waals surface area contributed by atoms with Crippen molar-refractivity contribution in [1.82, 2.24) is 5.32 Å². The highest BCUT2D eigenvalue weighted by Gasteiger charge is 2.30. The molecule has 1 unspecified atom stereocenters. The van der Waals surface area contributed by atoms with Crippen LogP contribution in [0.1, 0.15) is 63.5 Å². The summed E-state index contributed by atoms with van der Waals surface area (Å²) in [5.74, 6) is 0. The Morgan fingerprint density at radius 3 is 2.37 bits per heavy atom. The highest BCUT2D eigenvalue weighted by molar-refractivity contribution is 5.19. The minimum absolute atomic E-state index is 0.271. The van der Waals surface area contributed by atoms with Gasteiger partial charge >= 0.3 is 0 Å². The Hall–Kier alpha value is -1.08. The summed E-state index contributed by atoms with van der Waals surface area (Å²) in [6.07, 6.45) is 11.2. The number of hydrogen-bond donors (Lipinski definition) is 1. The summed E-state index contributed by atoms with van der Waals surface area (Å²) in [6, 6.07) is 11.2. The fourth-order valence-electron chi connectivity index (χ4n) is 3.37. The van der Waals surface area contributed by atoms with Crippen LogP contribution in [-0.4, -0.2) is 5.54 Å². The van der Waals surface area contributed by atoms with E-state index in [1.165, 1.54) is 44.1 Å². The zero-order valence-electron chi connectivity index (χ0n) is 12.2. The van der Waals surface area contributed by atoms with Crippen LogP contribution in [0.5, 0.6) is 0 Å². The van der Waals surface area contributed by atoms with Crippen LogP contribution in [0, 0.1) is 0 Å². The average Bonchev–Trinajstić information content (AvgIpc) is 2.66. The lowest BCUT2D eigenvalue weighted by atomic mass is 9.85. The SMILES string of the molecule is C=CCC1(NC(C)c2ccccc2)CCCCCC1. The molecule has 1 atom stereocenters. The molecule has 104 valence electrons. The topological polar surface area (TPSA) is 12.0 Å². The highest BCUT2D eigenvalue weighted by Crippen LogP contribution is 2.32. The molecule has 1 saturated carbocycles. The van der Waals surface area contributed by atoms with Crippen molar-refractivity contribution in [2.75, 3.05) is 0 Å². The molecule has 0 amide bonds. The lowest BCUT2D eigenvalue weighted by molar-refractivity contribution is 0.260. The van der Waals surface area contributed by atoms with Crippen molar-refractivity contribution in [2.45, 2.75) is 63.5 Å². The van der Waals surface area contributed by atoms with Crippen LogP contribution in [0.4, 0.5) is 0 Å². The van der Waals surface area contributed by atoms with Gasteiger partial charge in [0.25, 0.3) is 0 Å². The number of hydrogen-bond acceptors (Lipinski definition) is 1. The van der Waals surface area contributed by atoms with Gasteiger partial charge in [0, 0.05) is 11.6 Å². The van der Waals surface area contributed by atoms with Crippen molar-refractivity contribution in [1.29, 1.82) is 0 Å². The smallest absolute Gasteiger partial charge is 0.0297 e. The second-order valence-electron chi connectivity index (χ2n) is 5.96. The van der Waals surface area contributed by atoms with E-state index in [2.05, 4.69) is 55.2 Å². The fourth-order valence-corrected chi connectivity index (χ4v) is 3.37. The summed E-state index contributed by atoms with van der Waals surface area (Å²) in [4.78, 5) is 0. The molecule has 0 spiro atoms. The molecular weight excluding hydrogens is 230 g/mol. The van der Waals surface area contributed by atoms with E-state index in [1.54, 1.807) is 0 Å². The van der Waals surface area contributed by atoms with E-state index in [9.17, 15) is 0 Å². The Balaban J connectivity index is 2.09. The summed E-state index contributed by atoms with van der Waals surface area (Å²) < 4.78 is 0. The fraction of sp³-hybridized carbons (Fsp3) is 0.556. The van der Waals surface area contributed by atoms with Crippen molar-refractivity contribution in [3.63, 3.8) is 0 Å². The molecule has 2 rings (SSSR count). The Morgan fingerprint density at radius 2 is 1.79 bits per heavy atom. The largest absolute Gasteiger partial charge is 0.304 e. The van der Waals surface area contributed by atoms with Gasteiger partial charge in [-0.1, -0.05) is 62.1 Å². The first-order chi connectivity index (χ1) is 9.26. The predicted octanol–water partition coefficient (Wildman–Crippen LogP) is 5.01. The first-order valence-electron chi connectivity index (χ1n) is 7.69. The van der Waals surface area contributed by atoms with Gasteiger partial charge in [0.05, 0.1) is 0 Å². The van der Waals surface area contributed by atoms with Crippen LogP contribution in [0.15, 0.2) is 43.0 Å². The van der Waals surface area contributed by atoms with Gasteiger partial charge in [0.1, 0.15) is 0 Å². The molecule has 1 aliphatic rings. The third-order valence-electron chi connectivity index (χ3n) is 4.42. The van der Waals surface area contributed by atoms with Gasteiger partial charge in [-0.15, -0.1) is 6.58 Å². The monoisotopic (exact) mass is 257 g/mol. The molecule has 1 aromatic rings. The second-order valence-corrected chi connectivity index (χ2v) is 5.96. The Kier molecular flexibility index (Phi) is 5.21. The van der Waals surface area contributed by atoms with Crippen molar-refractivity contribution in [3.05, 3.63) is 48.6 Å². The molecule has 0 heterocycles. The van der Waals surface area contributed by atoms with E-state index in [4.69, 9.17) is 0 Å². The summed E-state index contributed by atoms with van der Waals surface area (Å²) in [6.45, 7) is 6.25.